The average Bonchev–Trinajstić information content (AvgIpc) is 2.76. The van der Waals surface area contributed by atoms with Gasteiger partial charge in [0.1, 0.15) is 0 Å². The van der Waals surface area contributed by atoms with E-state index in [0.717, 1.165) is 31.7 Å². The maximum Gasteiger partial charge on any atom is 0.313 e. The molecule has 8 nitrogen and oxygen atoms in total. The molecule has 3 rings (SSSR count). The highest BCUT2D eigenvalue weighted by Gasteiger charge is 2.15. The highest BCUT2D eigenvalue weighted by atomic mass is 16.2. The molecule has 1 aliphatic heterocycles. The SMILES string of the molecule is CC(=O)Nc1ccc(NC(=O)C(=O)NCCc2ccc(N3CCN(C)CC3)cc2)cc1. The molecular weight excluding hydrogens is 394 g/mol. The molecule has 0 atom stereocenters. The number of carbonyl (C=O) groups is 3. The van der Waals surface area contributed by atoms with Crippen LogP contribution in [-0.4, -0.2) is 62.4 Å². The summed E-state index contributed by atoms with van der Waals surface area (Å²) >= 11 is 0. The van der Waals surface area contributed by atoms with Crippen LogP contribution in [0.3, 0.4) is 0 Å². The normalized spacial score (nSPS) is 14.1. The Kier molecular flexibility index (Phi) is 7.61. The van der Waals surface area contributed by atoms with Gasteiger partial charge in [0, 0.05) is 56.7 Å². The zero-order valence-corrected chi connectivity index (χ0v) is 18.0. The summed E-state index contributed by atoms with van der Waals surface area (Å²) in [5, 5.41) is 7.83. The number of nitrogens with one attached hydrogen (secondary N) is 3. The van der Waals surface area contributed by atoms with Gasteiger partial charge in [0.05, 0.1) is 0 Å². The number of carbonyl (C=O) groups excluding carboxylic acids is 3. The van der Waals surface area contributed by atoms with Crippen molar-refractivity contribution in [3.05, 3.63) is 54.1 Å². The Labute approximate surface area is 182 Å². The molecule has 0 spiro atoms. The first-order chi connectivity index (χ1) is 14.9. The Hall–Kier alpha value is -3.39. The Balaban J connectivity index is 1.41. The van der Waals surface area contributed by atoms with E-state index in [2.05, 4.69) is 57.1 Å². The standard InChI is InChI=1S/C23H29N5O3/c1-17(29)25-19-5-7-20(8-6-19)26-23(31)22(30)24-12-11-18-3-9-21(10-4-18)28-15-13-27(2)14-16-28/h3-10H,11-16H2,1-2H3,(H,24,30)(H,25,29)(H,26,31). The second-order valence-corrected chi connectivity index (χ2v) is 7.68. The fourth-order valence-corrected chi connectivity index (χ4v) is 3.37. The molecular formula is C23H29N5O3. The lowest BCUT2D eigenvalue weighted by molar-refractivity contribution is -0.136. The van der Waals surface area contributed by atoms with Gasteiger partial charge in [-0.2, -0.15) is 0 Å². The van der Waals surface area contributed by atoms with Crippen molar-refractivity contribution in [1.82, 2.24) is 10.2 Å². The number of piperazine rings is 1. The van der Waals surface area contributed by atoms with Crippen molar-refractivity contribution in [2.45, 2.75) is 13.3 Å². The van der Waals surface area contributed by atoms with Gasteiger partial charge in [0.2, 0.25) is 5.91 Å². The number of likely N-dealkylation sites (N-methyl/N-ethyl adjacent to an activating group) is 1. The highest BCUT2D eigenvalue weighted by Crippen LogP contribution is 2.17. The molecule has 2 aromatic carbocycles. The Morgan fingerprint density at radius 2 is 1.39 bits per heavy atom. The van der Waals surface area contributed by atoms with Gasteiger partial charge in [-0.25, -0.2) is 0 Å². The van der Waals surface area contributed by atoms with E-state index in [9.17, 15) is 14.4 Å². The van der Waals surface area contributed by atoms with E-state index >= 15 is 0 Å². The van der Waals surface area contributed by atoms with Gasteiger partial charge in [-0.3, -0.25) is 14.4 Å². The van der Waals surface area contributed by atoms with Gasteiger partial charge < -0.3 is 25.8 Å². The van der Waals surface area contributed by atoms with Crippen molar-refractivity contribution in [3.63, 3.8) is 0 Å². The lowest BCUT2D eigenvalue weighted by Crippen LogP contribution is -2.44. The molecule has 1 fully saturated rings. The first kappa shape index (κ1) is 22.3. The van der Waals surface area contributed by atoms with E-state index in [1.165, 1.54) is 12.6 Å². The molecule has 164 valence electrons. The van der Waals surface area contributed by atoms with Crippen LogP contribution in [0.4, 0.5) is 17.1 Å². The number of amides is 3. The third-order valence-electron chi connectivity index (χ3n) is 5.17. The van der Waals surface area contributed by atoms with Crippen LogP contribution in [0.15, 0.2) is 48.5 Å². The minimum Gasteiger partial charge on any atom is -0.369 e. The lowest BCUT2D eigenvalue weighted by Gasteiger charge is -2.34. The van der Waals surface area contributed by atoms with Gasteiger partial charge >= 0.3 is 11.8 Å². The summed E-state index contributed by atoms with van der Waals surface area (Å²) < 4.78 is 0. The summed E-state index contributed by atoms with van der Waals surface area (Å²) in [6.45, 7) is 5.97. The predicted molar refractivity (Wildman–Crippen MR) is 122 cm³/mol. The number of hydrogen-bond acceptors (Lipinski definition) is 5. The second kappa shape index (κ2) is 10.6. The van der Waals surface area contributed by atoms with E-state index in [-0.39, 0.29) is 5.91 Å². The number of nitrogens with zero attached hydrogens (tertiary/aromatic N) is 2. The van der Waals surface area contributed by atoms with E-state index in [1.54, 1.807) is 24.3 Å². The van der Waals surface area contributed by atoms with Crippen LogP contribution in [0.5, 0.6) is 0 Å². The van der Waals surface area contributed by atoms with Gasteiger partial charge in [-0.15, -0.1) is 0 Å². The van der Waals surface area contributed by atoms with E-state index in [0.29, 0.717) is 24.3 Å². The van der Waals surface area contributed by atoms with Crippen LogP contribution in [0.1, 0.15) is 12.5 Å². The Morgan fingerprint density at radius 1 is 0.806 bits per heavy atom. The zero-order valence-electron chi connectivity index (χ0n) is 18.0. The van der Waals surface area contributed by atoms with E-state index < -0.39 is 11.8 Å². The lowest BCUT2D eigenvalue weighted by atomic mass is 10.1. The topological polar surface area (TPSA) is 93.8 Å². The zero-order chi connectivity index (χ0) is 22.2. The maximum absolute atomic E-state index is 12.1. The molecule has 0 aliphatic carbocycles. The largest absolute Gasteiger partial charge is 0.369 e. The summed E-state index contributed by atoms with van der Waals surface area (Å²) in [5.74, 6) is -1.58. The third kappa shape index (κ3) is 6.82. The summed E-state index contributed by atoms with van der Waals surface area (Å²) in [4.78, 5) is 39.8. The average molecular weight is 424 g/mol. The van der Waals surface area contributed by atoms with Gasteiger partial charge in [0.25, 0.3) is 0 Å². The maximum atomic E-state index is 12.1. The molecule has 0 radical (unpaired) electrons. The van der Waals surface area contributed by atoms with Crippen LogP contribution in [0.25, 0.3) is 0 Å². The molecule has 3 N–H and O–H groups in total. The van der Waals surface area contributed by atoms with Crippen molar-refractivity contribution in [2.24, 2.45) is 0 Å². The molecule has 1 aliphatic rings. The fraction of sp³-hybridized carbons (Fsp3) is 0.348. The van der Waals surface area contributed by atoms with Crippen LogP contribution in [0.2, 0.25) is 0 Å². The van der Waals surface area contributed by atoms with Crippen molar-refractivity contribution in [2.75, 3.05) is 55.3 Å². The van der Waals surface area contributed by atoms with Gasteiger partial charge in [-0.05, 0) is 55.4 Å². The molecule has 31 heavy (non-hydrogen) atoms. The van der Waals surface area contributed by atoms with Gasteiger partial charge in [0.15, 0.2) is 0 Å². The number of anilines is 3. The quantitative estimate of drug-likeness (QED) is 0.615. The number of hydrogen-bond donors (Lipinski definition) is 3. The van der Waals surface area contributed by atoms with Crippen LogP contribution in [0, 0.1) is 0 Å². The van der Waals surface area contributed by atoms with E-state index in [4.69, 9.17) is 0 Å². The first-order valence-corrected chi connectivity index (χ1v) is 10.4. The third-order valence-corrected chi connectivity index (χ3v) is 5.17. The smallest absolute Gasteiger partial charge is 0.313 e. The molecule has 0 aromatic heterocycles. The molecule has 1 heterocycles. The van der Waals surface area contributed by atoms with Gasteiger partial charge in [-0.1, -0.05) is 12.1 Å². The number of rotatable bonds is 6. The molecule has 0 bridgehead atoms. The Bertz CT molecular complexity index is 904. The molecule has 0 saturated carbocycles. The van der Waals surface area contributed by atoms with Crippen LogP contribution >= 0.6 is 0 Å². The van der Waals surface area contributed by atoms with Crippen molar-refractivity contribution >= 4 is 34.8 Å². The summed E-state index contributed by atoms with van der Waals surface area (Å²) in [5.41, 5.74) is 3.42. The summed E-state index contributed by atoms with van der Waals surface area (Å²) in [6.07, 6.45) is 0.646. The molecule has 8 heteroatoms. The fourth-order valence-electron chi connectivity index (χ4n) is 3.37. The van der Waals surface area contributed by atoms with Crippen molar-refractivity contribution < 1.29 is 14.4 Å². The second-order valence-electron chi connectivity index (χ2n) is 7.68. The first-order valence-electron chi connectivity index (χ1n) is 10.4. The Morgan fingerprint density at radius 3 is 1.97 bits per heavy atom. The number of benzene rings is 2. The monoisotopic (exact) mass is 423 g/mol. The molecule has 2 aromatic rings. The predicted octanol–water partition coefficient (Wildman–Crippen LogP) is 1.69. The summed E-state index contributed by atoms with van der Waals surface area (Å²) in [6, 6.07) is 14.9. The van der Waals surface area contributed by atoms with E-state index in [1.807, 2.05) is 0 Å². The molecule has 3 amide bonds. The van der Waals surface area contributed by atoms with Crippen molar-refractivity contribution in [1.29, 1.82) is 0 Å². The molecule has 1 saturated heterocycles. The minimum absolute atomic E-state index is 0.176. The van der Waals surface area contributed by atoms with Crippen molar-refractivity contribution in [3.8, 4) is 0 Å². The van der Waals surface area contributed by atoms with Crippen LogP contribution < -0.4 is 20.9 Å². The summed E-state index contributed by atoms with van der Waals surface area (Å²) in [7, 11) is 2.14. The molecule has 0 unspecified atom stereocenters. The van der Waals surface area contributed by atoms with Crippen LogP contribution in [-0.2, 0) is 20.8 Å². The minimum atomic E-state index is -0.724. The highest BCUT2D eigenvalue weighted by molar-refractivity contribution is 6.39.